The highest BCUT2D eigenvalue weighted by Gasteiger charge is 2.51. The maximum Gasteiger partial charge on any atom is 0.337 e. The number of ether oxygens (including phenoxy) is 1. The number of carbonyl (C=O) groups is 1. The van der Waals surface area contributed by atoms with Crippen LogP contribution in [0.25, 0.3) is 0 Å². The molecule has 0 fully saturated rings. The molecule has 0 bridgehead atoms. The van der Waals surface area contributed by atoms with Crippen LogP contribution in [0.3, 0.4) is 0 Å². The molecule has 0 spiro atoms. The molecule has 2 heterocycles. The van der Waals surface area contributed by atoms with Crippen molar-refractivity contribution in [3.05, 3.63) is 166 Å². The van der Waals surface area contributed by atoms with Crippen LogP contribution in [0.1, 0.15) is 43.7 Å². The third kappa shape index (κ3) is 5.24. The number of fused-ring (bicyclic) bond motifs is 2. The number of carboxylic acid groups (broad SMARTS) is 1. The van der Waals surface area contributed by atoms with Gasteiger partial charge in [0, 0.05) is 41.5 Å². The van der Waals surface area contributed by atoms with Crippen molar-refractivity contribution < 1.29 is 23.4 Å². The molecule has 2 aliphatic rings. The van der Waals surface area contributed by atoms with E-state index in [1.54, 1.807) is 0 Å². The lowest BCUT2D eigenvalue weighted by molar-refractivity contribution is 0.0693. The van der Waals surface area contributed by atoms with E-state index in [0.29, 0.717) is 28.5 Å². The van der Waals surface area contributed by atoms with Gasteiger partial charge in [-0.3, -0.25) is 4.99 Å². The standard InChI is InChI=1S/C38H31F2N3O3S/c1-46-34-30-21-37(32-18-17-28(39)20-33(32)40)27(19-29(30)31(22-41-34)35(44)45)23-47-36(42-37)43-38(24-11-5-2-6-12-24,25-13-7-3-8-14-25)26-15-9-4-10-16-26/h2-18,20,22,27H,19,21,23H2,1H3,(H,42,43)(H,44,45)/t27-,37-/m0/s1. The molecule has 0 unspecified atom stereocenters. The van der Waals surface area contributed by atoms with E-state index in [2.05, 4.69) is 46.7 Å². The molecule has 6 nitrogen and oxygen atoms in total. The molecular weight excluding hydrogens is 616 g/mol. The summed E-state index contributed by atoms with van der Waals surface area (Å²) in [6, 6.07) is 33.9. The normalized spacial score (nSPS) is 18.8. The van der Waals surface area contributed by atoms with Crippen molar-refractivity contribution >= 4 is 22.9 Å². The molecule has 4 aromatic carbocycles. The number of benzene rings is 4. The first-order chi connectivity index (χ1) is 22.9. The lowest BCUT2D eigenvalue weighted by atomic mass is 9.67. The number of aromatic nitrogens is 1. The summed E-state index contributed by atoms with van der Waals surface area (Å²) >= 11 is 1.51. The first-order valence-electron chi connectivity index (χ1n) is 15.3. The molecule has 236 valence electrons. The number of aromatic carboxylic acids is 1. The zero-order valence-corrected chi connectivity index (χ0v) is 26.3. The summed E-state index contributed by atoms with van der Waals surface area (Å²) in [4.78, 5) is 21.9. The van der Waals surface area contributed by atoms with E-state index in [-0.39, 0.29) is 29.3 Å². The average Bonchev–Trinajstić information content (AvgIpc) is 3.10. The summed E-state index contributed by atoms with van der Waals surface area (Å²) < 4.78 is 35.9. The van der Waals surface area contributed by atoms with Crippen molar-refractivity contribution in [1.82, 2.24) is 10.3 Å². The third-order valence-electron chi connectivity index (χ3n) is 9.29. The summed E-state index contributed by atoms with van der Waals surface area (Å²) in [5, 5.41) is 14.4. The quantitative estimate of drug-likeness (QED) is 0.180. The smallest absolute Gasteiger partial charge is 0.337 e. The second-order valence-electron chi connectivity index (χ2n) is 11.8. The number of rotatable bonds is 7. The minimum Gasteiger partial charge on any atom is -0.481 e. The maximum absolute atomic E-state index is 15.9. The predicted molar refractivity (Wildman–Crippen MR) is 179 cm³/mol. The zero-order chi connectivity index (χ0) is 32.6. The highest BCUT2D eigenvalue weighted by molar-refractivity contribution is 8.13. The van der Waals surface area contributed by atoms with E-state index < -0.39 is 28.7 Å². The summed E-state index contributed by atoms with van der Waals surface area (Å²) in [6.07, 6.45) is 1.73. The topological polar surface area (TPSA) is 83.8 Å². The zero-order valence-electron chi connectivity index (χ0n) is 25.5. The van der Waals surface area contributed by atoms with Gasteiger partial charge in [0.05, 0.1) is 18.2 Å². The molecule has 0 amide bonds. The Labute approximate surface area is 275 Å². The molecule has 5 aromatic rings. The fourth-order valence-electron chi connectivity index (χ4n) is 7.12. The lowest BCUT2D eigenvalue weighted by Crippen LogP contribution is -2.52. The maximum atomic E-state index is 15.9. The van der Waals surface area contributed by atoms with Crippen molar-refractivity contribution in [2.75, 3.05) is 12.9 Å². The summed E-state index contributed by atoms with van der Waals surface area (Å²) in [6.45, 7) is 0. The van der Waals surface area contributed by atoms with Crippen molar-refractivity contribution in [3.8, 4) is 5.88 Å². The molecule has 0 saturated heterocycles. The highest BCUT2D eigenvalue weighted by Crippen LogP contribution is 2.51. The SMILES string of the molecule is COc1ncc(C(=O)O)c2c1C[C@]1(c3ccc(F)cc3F)N=C(NC(c3ccccc3)(c3ccccc3)c3ccccc3)SC[C@@H]1C2. The monoisotopic (exact) mass is 647 g/mol. The van der Waals surface area contributed by atoms with E-state index in [1.165, 1.54) is 37.2 Å². The van der Waals surface area contributed by atoms with Crippen LogP contribution in [-0.4, -0.2) is 34.1 Å². The fourth-order valence-corrected chi connectivity index (χ4v) is 8.32. The Morgan fingerprint density at radius 3 is 2.04 bits per heavy atom. The minimum absolute atomic E-state index is 0.0862. The average molecular weight is 648 g/mol. The van der Waals surface area contributed by atoms with Gasteiger partial charge in [-0.15, -0.1) is 0 Å². The molecule has 7 rings (SSSR count). The van der Waals surface area contributed by atoms with E-state index in [9.17, 15) is 14.3 Å². The van der Waals surface area contributed by atoms with Gasteiger partial charge in [0.15, 0.2) is 5.17 Å². The molecule has 1 aromatic heterocycles. The van der Waals surface area contributed by atoms with Gasteiger partial charge < -0.3 is 15.2 Å². The molecule has 1 aliphatic heterocycles. The van der Waals surface area contributed by atoms with Crippen LogP contribution >= 0.6 is 11.8 Å². The van der Waals surface area contributed by atoms with Gasteiger partial charge in [0.1, 0.15) is 17.2 Å². The number of nitrogens with zero attached hydrogens (tertiary/aromatic N) is 2. The van der Waals surface area contributed by atoms with Crippen LogP contribution < -0.4 is 10.1 Å². The van der Waals surface area contributed by atoms with Crippen LogP contribution in [0, 0.1) is 17.6 Å². The summed E-state index contributed by atoms with van der Waals surface area (Å²) in [5.41, 5.74) is 2.34. The number of thioether (sulfide) groups is 1. The van der Waals surface area contributed by atoms with Crippen molar-refractivity contribution in [2.24, 2.45) is 10.9 Å². The van der Waals surface area contributed by atoms with Gasteiger partial charge in [-0.05, 0) is 34.7 Å². The molecule has 2 N–H and O–H groups in total. The number of amidine groups is 1. The van der Waals surface area contributed by atoms with Gasteiger partial charge in [0.25, 0.3) is 0 Å². The van der Waals surface area contributed by atoms with Crippen LogP contribution in [0.4, 0.5) is 8.78 Å². The second-order valence-corrected chi connectivity index (χ2v) is 12.8. The van der Waals surface area contributed by atoms with E-state index in [0.717, 1.165) is 22.8 Å². The Hall–Kier alpha value is -5.02. The van der Waals surface area contributed by atoms with Crippen LogP contribution in [0.2, 0.25) is 0 Å². The Kier molecular flexibility index (Phi) is 8.01. The van der Waals surface area contributed by atoms with Crippen LogP contribution in [0.15, 0.2) is 120 Å². The first kappa shape index (κ1) is 30.6. The Balaban J connectivity index is 1.46. The number of pyridine rings is 1. The second kappa shape index (κ2) is 12.3. The van der Waals surface area contributed by atoms with Gasteiger partial charge in [-0.1, -0.05) is 109 Å². The highest BCUT2D eigenvalue weighted by atomic mass is 32.2. The number of halogens is 2. The number of nitrogens with one attached hydrogen (secondary N) is 1. The molecule has 9 heteroatoms. The fraction of sp³-hybridized carbons (Fsp3) is 0.184. The molecular formula is C38H31F2N3O3S. The number of methoxy groups -OCH3 is 1. The van der Waals surface area contributed by atoms with E-state index in [1.807, 2.05) is 54.6 Å². The Morgan fingerprint density at radius 2 is 1.51 bits per heavy atom. The van der Waals surface area contributed by atoms with Crippen molar-refractivity contribution in [1.29, 1.82) is 0 Å². The molecule has 0 radical (unpaired) electrons. The molecule has 0 saturated carbocycles. The Morgan fingerprint density at radius 1 is 0.915 bits per heavy atom. The van der Waals surface area contributed by atoms with Gasteiger partial charge in [-0.25, -0.2) is 18.6 Å². The molecule has 47 heavy (non-hydrogen) atoms. The summed E-state index contributed by atoms with van der Waals surface area (Å²) in [5.74, 6) is -2.04. The third-order valence-corrected chi connectivity index (χ3v) is 10.3. The molecule has 1 aliphatic carbocycles. The van der Waals surface area contributed by atoms with E-state index in [4.69, 9.17) is 9.73 Å². The first-order valence-corrected chi connectivity index (χ1v) is 16.3. The van der Waals surface area contributed by atoms with Crippen molar-refractivity contribution in [2.45, 2.75) is 23.9 Å². The number of aliphatic imine (C=N–C) groups is 1. The van der Waals surface area contributed by atoms with Gasteiger partial charge in [-0.2, -0.15) is 0 Å². The predicted octanol–water partition coefficient (Wildman–Crippen LogP) is 7.36. The van der Waals surface area contributed by atoms with E-state index >= 15 is 4.39 Å². The Bertz CT molecular complexity index is 1880. The minimum atomic E-state index is -1.21. The molecule has 2 atom stereocenters. The number of carboxylic acids is 1. The number of hydrogen-bond donors (Lipinski definition) is 2. The van der Waals surface area contributed by atoms with Gasteiger partial charge >= 0.3 is 5.97 Å². The summed E-state index contributed by atoms with van der Waals surface area (Å²) in [7, 11) is 1.47. The van der Waals surface area contributed by atoms with Crippen molar-refractivity contribution in [3.63, 3.8) is 0 Å². The lowest BCUT2D eigenvalue weighted by Gasteiger charge is -2.47. The van der Waals surface area contributed by atoms with Crippen LogP contribution in [0.5, 0.6) is 5.88 Å². The number of hydrogen-bond acceptors (Lipinski definition) is 6. The van der Waals surface area contributed by atoms with Crippen LogP contribution in [-0.2, 0) is 23.9 Å². The van der Waals surface area contributed by atoms with Gasteiger partial charge in [0.2, 0.25) is 5.88 Å². The largest absolute Gasteiger partial charge is 0.481 e.